The average Bonchev–Trinajstić information content (AvgIpc) is 2.62. The van der Waals surface area contributed by atoms with Gasteiger partial charge in [-0.25, -0.2) is 0 Å². The molecule has 0 aliphatic heterocycles. The number of carbonyl (C=O) groups excluding carboxylic acids is 1. The Bertz CT molecular complexity index is 236. The summed E-state index contributed by atoms with van der Waals surface area (Å²) in [5, 5.41) is 6.25. The van der Waals surface area contributed by atoms with E-state index in [9.17, 15) is 4.79 Å². The maximum Gasteiger partial charge on any atom is 0.234 e. The molecule has 0 aromatic heterocycles. The molecule has 0 bridgehead atoms. The third-order valence-corrected chi connectivity index (χ3v) is 3.38. The molecule has 0 radical (unpaired) electrons. The van der Waals surface area contributed by atoms with Crippen LogP contribution in [0.15, 0.2) is 0 Å². The smallest absolute Gasteiger partial charge is 0.234 e. The monoisotopic (exact) mass is 270 g/mol. The predicted octanol–water partition coefficient (Wildman–Crippen LogP) is 2.09. The Balaban J connectivity index is 1.98. The van der Waals surface area contributed by atoms with Gasteiger partial charge in [-0.05, 0) is 18.8 Å². The molecular weight excluding hydrogens is 240 g/mol. The Labute approximate surface area is 117 Å². The summed E-state index contributed by atoms with van der Waals surface area (Å²) in [6, 6.07) is 0.397. The molecule has 1 aliphatic carbocycles. The highest BCUT2D eigenvalue weighted by Gasteiger charge is 2.13. The van der Waals surface area contributed by atoms with Crippen LogP contribution in [0.3, 0.4) is 0 Å². The van der Waals surface area contributed by atoms with Gasteiger partial charge in [0.25, 0.3) is 0 Å². The van der Waals surface area contributed by atoms with Gasteiger partial charge in [0.15, 0.2) is 0 Å². The van der Waals surface area contributed by atoms with E-state index in [1.54, 1.807) is 0 Å². The molecule has 1 fully saturated rings. The van der Waals surface area contributed by atoms with Gasteiger partial charge in [0.05, 0.1) is 13.2 Å². The van der Waals surface area contributed by atoms with Crippen molar-refractivity contribution in [2.75, 3.05) is 26.3 Å². The van der Waals surface area contributed by atoms with E-state index in [0.717, 1.165) is 26.0 Å². The normalized spacial score (nSPS) is 17.4. The average molecular weight is 270 g/mol. The molecule has 1 aliphatic rings. The first-order valence-electron chi connectivity index (χ1n) is 7.76. The van der Waals surface area contributed by atoms with Crippen LogP contribution in [0.1, 0.15) is 52.4 Å². The highest BCUT2D eigenvalue weighted by molar-refractivity contribution is 5.78. The first kappa shape index (κ1) is 16.4. The Morgan fingerprint density at radius 2 is 1.89 bits per heavy atom. The van der Waals surface area contributed by atoms with Crippen LogP contribution in [0.4, 0.5) is 0 Å². The molecule has 0 aromatic rings. The standard InChI is InChI=1S/C15H30N2O2/c1-13(2)12-19-10-9-16-11-15(18)17-14-7-5-3-4-6-8-14/h13-14,16H,3-12H2,1-2H3,(H,17,18). The van der Waals surface area contributed by atoms with Gasteiger partial charge in [-0.1, -0.05) is 39.5 Å². The Morgan fingerprint density at radius 3 is 2.53 bits per heavy atom. The van der Waals surface area contributed by atoms with Crippen LogP contribution < -0.4 is 10.6 Å². The van der Waals surface area contributed by atoms with E-state index >= 15 is 0 Å². The minimum absolute atomic E-state index is 0.121. The van der Waals surface area contributed by atoms with E-state index < -0.39 is 0 Å². The minimum atomic E-state index is 0.121. The van der Waals surface area contributed by atoms with Crippen molar-refractivity contribution >= 4 is 5.91 Å². The van der Waals surface area contributed by atoms with Crippen LogP contribution in [0, 0.1) is 5.92 Å². The van der Waals surface area contributed by atoms with Gasteiger partial charge in [0, 0.05) is 19.2 Å². The zero-order chi connectivity index (χ0) is 13.9. The number of ether oxygens (including phenoxy) is 1. The zero-order valence-electron chi connectivity index (χ0n) is 12.5. The van der Waals surface area contributed by atoms with Crippen LogP contribution in [0.2, 0.25) is 0 Å². The van der Waals surface area contributed by atoms with Crippen LogP contribution in [-0.4, -0.2) is 38.3 Å². The summed E-state index contributed by atoms with van der Waals surface area (Å²) in [5.74, 6) is 0.689. The van der Waals surface area contributed by atoms with E-state index in [1.807, 2.05) is 0 Å². The molecule has 0 saturated heterocycles. The number of hydrogen-bond acceptors (Lipinski definition) is 3. The highest BCUT2D eigenvalue weighted by Crippen LogP contribution is 2.16. The molecule has 112 valence electrons. The van der Waals surface area contributed by atoms with Gasteiger partial charge < -0.3 is 15.4 Å². The van der Waals surface area contributed by atoms with E-state index in [1.165, 1.54) is 25.7 Å². The number of rotatable bonds is 8. The Kier molecular flexibility index (Phi) is 8.84. The van der Waals surface area contributed by atoms with Crippen LogP contribution in [0.5, 0.6) is 0 Å². The van der Waals surface area contributed by atoms with Gasteiger partial charge in [0.1, 0.15) is 0 Å². The molecule has 1 amide bonds. The molecular formula is C15H30N2O2. The van der Waals surface area contributed by atoms with Gasteiger partial charge in [-0.15, -0.1) is 0 Å². The van der Waals surface area contributed by atoms with Crippen molar-refractivity contribution in [3.63, 3.8) is 0 Å². The first-order valence-corrected chi connectivity index (χ1v) is 7.76. The van der Waals surface area contributed by atoms with Gasteiger partial charge in [-0.2, -0.15) is 0 Å². The summed E-state index contributed by atoms with van der Waals surface area (Å²) in [6.07, 6.45) is 7.42. The quantitative estimate of drug-likeness (QED) is 0.524. The molecule has 0 atom stereocenters. The SMILES string of the molecule is CC(C)COCCNCC(=O)NC1CCCCCC1. The summed E-state index contributed by atoms with van der Waals surface area (Å²) in [4.78, 5) is 11.8. The second kappa shape index (κ2) is 10.2. The van der Waals surface area contributed by atoms with E-state index in [4.69, 9.17) is 4.74 Å². The fraction of sp³-hybridized carbons (Fsp3) is 0.933. The third-order valence-electron chi connectivity index (χ3n) is 3.38. The van der Waals surface area contributed by atoms with E-state index in [2.05, 4.69) is 24.5 Å². The van der Waals surface area contributed by atoms with Crippen molar-refractivity contribution in [2.24, 2.45) is 5.92 Å². The summed E-state index contributed by atoms with van der Waals surface area (Å²) >= 11 is 0. The molecule has 0 aromatic carbocycles. The van der Waals surface area contributed by atoms with Gasteiger partial charge in [0.2, 0.25) is 5.91 Å². The maximum absolute atomic E-state index is 11.8. The zero-order valence-corrected chi connectivity index (χ0v) is 12.5. The number of amides is 1. The summed E-state index contributed by atoms with van der Waals surface area (Å²) in [6.45, 7) is 6.87. The fourth-order valence-electron chi connectivity index (χ4n) is 2.37. The topological polar surface area (TPSA) is 50.4 Å². The van der Waals surface area contributed by atoms with Crippen molar-refractivity contribution in [3.8, 4) is 0 Å². The molecule has 0 unspecified atom stereocenters. The van der Waals surface area contributed by atoms with E-state index in [-0.39, 0.29) is 5.91 Å². The lowest BCUT2D eigenvalue weighted by molar-refractivity contribution is -0.121. The van der Waals surface area contributed by atoms with Gasteiger partial charge in [-0.3, -0.25) is 4.79 Å². The number of nitrogens with one attached hydrogen (secondary N) is 2. The summed E-state index contributed by atoms with van der Waals surface area (Å²) < 4.78 is 5.45. The molecule has 0 spiro atoms. The molecule has 2 N–H and O–H groups in total. The first-order chi connectivity index (χ1) is 9.18. The highest BCUT2D eigenvalue weighted by atomic mass is 16.5. The molecule has 1 rings (SSSR count). The van der Waals surface area contributed by atoms with Crippen LogP contribution in [-0.2, 0) is 9.53 Å². The van der Waals surface area contributed by atoms with Crippen molar-refractivity contribution in [3.05, 3.63) is 0 Å². The number of hydrogen-bond donors (Lipinski definition) is 2. The van der Waals surface area contributed by atoms with Crippen molar-refractivity contribution < 1.29 is 9.53 Å². The Hall–Kier alpha value is -0.610. The lowest BCUT2D eigenvalue weighted by atomic mass is 10.1. The maximum atomic E-state index is 11.8. The van der Waals surface area contributed by atoms with Crippen LogP contribution >= 0.6 is 0 Å². The summed E-state index contributed by atoms with van der Waals surface area (Å²) in [7, 11) is 0. The van der Waals surface area contributed by atoms with Crippen molar-refractivity contribution in [2.45, 2.75) is 58.4 Å². The minimum Gasteiger partial charge on any atom is -0.380 e. The molecule has 19 heavy (non-hydrogen) atoms. The third kappa shape index (κ3) is 9.00. The Morgan fingerprint density at radius 1 is 1.21 bits per heavy atom. The van der Waals surface area contributed by atoms with E-state index in [0.29, 0.717) is 25.1 Å². The van der Waals surface area contributed by atoms with Crippen LogP contribution in [0.25, 0.3) is 0 Å². The molecule has 4 heteroatoms. The van der Waals surface area contributed by atoms with Crippen molar-refractivity contribution in [1.29, 1.82) is 0 Å². The fourth-order valence-corrected chi connectivity index (χ4v) is 2.37. The van der Waals surface area contributed by atoms with Crippen molar-refractivity contribution in [1.82, 2.24) is 10.6 Å². The molecule has 1 saturated carbocycles. The lowest BCUT2D eigenvalue weighted by Gasteiger charge is -2.16. The molecule has 0 heterocycles. The number of carbonyl (C=O) groups is 1. The van der Waals surface area contributed by atoms with Gasteiger partial charge >= 0.3 is 0 Å². The lowest BCUT2D eigenvalue weighted by Crippen LogP contribution is -2.40. The predicted molar refractivity (Wildman–Crippen MR) is 78.2 cm³/mol. The molecule has 4 nitrogen and oxygen atoms in total. The summed E-state index contributed by atoms with van der Waals surface area (Å²) in [5.41, 5.74) is 0. The second-order valence-corrected chi connectivity index (χ2v) is 5.90. The second-order valence-electron chi connectivity index (χ2n) is 5.90. The largest absolute Gasteiger partial charge is 0.380 e.